The van der Waals surface area contributed by atoms with Gasteiger partial charge in [0.25, 0.3) is 0 Å². The Labute approximate surface area is 172 Å². The number of fused-ring (bicyclic) bond motifs is 1. The summed E-state index contributed by atoms with van der Waals surface area (Å²) in [6.45, 7) is 2.45. The van der Waals surface area contributed by atoms with Crippen molar-refractivity contribution in [3.05, 3.63) is 89.5 Å². The predicted octanol–water partition coefficient (Wildman–Crippen LogP) is 5.32. The normalized spacial score (nSPS) is 15.4. The average molecular weight is 386 g/mol. The molecule has 3 aromatic carbocycles. The van der Waals surface area contributed by atoms with Gasteiger partial charge in [-0.3, -0.25) is 4.79 Å². The summed E-state index contributed by atoms with van der Waals surface area (Å²) in [6.07, 6.45) is 3.42. The molecule has 0 aliphatic heterocycles. The molecule has 0 radical (unpaired) electrons. The van der Waals surface area contributed by atoms with Crippen LogP contribution >= 0.6 is 0 Å². The van der Waals surface area contributed by atoms with Gasteiger partial charge in [0.05, 0.1) is 0 Å². The fourth-order valence-electron chi connectivity index (χ4n) is 3.86. The predicted molar refractivity (Wildman–Crippen MR) is 117 cm³/mol. The molecule has 1 N–H and O–H groups in total. The number of rotatable bonds is 6. The van der Waals surface area contributed by atoms with Gasteiger partial charge in [0, 0.05) is 12.5 Å². The van der Waals surface area contributed by atoms with Crippen molar-refractivity contribution in [2.45, 2.75) is 45.3 Å². The van der Waals surface area contributed by atoms with E-state index in [1.165, 1.54) is 22.3 Å². The summed E-state index contributed by atoms with van der Waals surface area (Å²) in [7, 11) is 0. The van der Waals surface area contributed by atoms with Crippen LogP contribution in [-0.2, 0) is 24.2 Å². The summed E-state index contributed by atoms with van der Waals surface area (Å²) in [5.74, 6) is 1.05. The van der Waals surface area contributed by atoms with Crippen molar-refractivity contribution in [1.82, 2.24) is 5.32 Å². The fourth-order valence-corrected chi connectivity index (χ4v) is 3.86. The smallest absolute Gasteiger partial charge is 0.219 e. The van der Waals surface area contributed by atoms with E-state index < -0.39 is 0 Å². The molecule has 1 amide bonds. The van der Waals surface area contributed by atoms with Crippen LogP contribution in [0, 0.1) is 0 Å². The number of hydrogen-bond donors (Lipinski definition) is 1. The zero-order valence-electron chi connectivity index (χ0n) is 16.9. The van der Waals surface area contributed by atoms with Gasteiger partial charge in [-0.15, -0.1) is 0 Å². The largest absolute Gasteiger partial charge is 0.489 e. The van der Waals surface area contributed by atoms with Gasteiger partial charge in [0.2, 0.25) is 5.91 Å². The highest BCUT2D eigenvalue weighted by Crippen LogP contribution is 2.26. The fraction of sp³-hybridized carbons (Fsp3) is 0.269. The molecule has 0 spiro atoms. The lowest BCUT2D eigenvalue weighted by Gasteiger charge is -2.26. The Kier molecular flexibility index (Phi) is 5.95. The second kappa shape index (κ2) is 8.95. The molecule has 3 nitrogen and oxygen atoms in total. The highest BCUT2D eigenvalue weighted by atomic mass is 16.5. The first-order valence-electron chi connectivity index (χ1n) is 10.4. The maximum atomic E-state index is 11.6. The van der Waals surface area contributed by atoms with E-state index in [0.717, 1.165) is 30.6 Å². The molecular weight excluding hydrogens is 358 g/mol. The molecule has 0 bridgehead atoms. The van der Waals surface area contributed by atoms with Crippen molar-refractivity contribution in [1.29, 1.82) is 0 Å². The number of nitrogens with one attached hydrogen (secondary N) is 1. The van der Waals surface area contributed by atoms with Gasteiger partial charge in [-0.2, -0.15) is 0 Å². The van der Waals surface area contributed by atoms with Crippen LogP contribution in [0.15, 0.2) is 72.8 Å². The minimum absolute atomic E-state index is 0.136. The standard InChI is InChI=1S/C26H27NO2/c1-2-26(28)27-24-14-12-23-17-25(15-13-22(23)16-24)29-18-19-8-10-21(11-9-19)20-6-4-3-5-7-20/h3-11,13,15,17,24H,2,12,14,16,18H2,1H3,(H,27,28). The Morgan fingerprint density at radius 2 is 1.72 bits per heavy atom. The third-order valence-electron chi connectivity index (χ3n) is 5.56. The number of carbonyl (C=O) groups excluding carboxylic acids is 1. The summed E-state index contributed by atoms with van der Waals surface area (Å²) in [5, 5.41) is 3.12. The zero-order valence-corrected chi connectivity index (χ0v) is 16.9. The van der Waals surface area contributed by atoms with E-state index in [0.29, 0.717) is 13.0 Å². The molecule has 3 aromatic rings. The summed E-state index contributed by atoms with van der Waals surface area (Å²) < 4.78 is 6.04. The number of hydrogen-bond acceptors (Lipinski definition) is 2. The lowest BCUT2D eigenvalue weighted by atomic mass is 9.88. The molecular formula is C26H27NO2. The van der Waals surface area contributed by atoms with Gasteiger partial charge < -0.3 is 10.1 Å². The SMILES string of the molecule is CCC(=O)NC1CCc2cc(OCc3ccc(-c4ccccc4)cc3)ccc2C1. The molecule has 3 heteroatoms. The lowest BCUT2D eigenvalue weighted by Crippen LogP contribution is -2.38. The van der Waals surface area contributed by atoms with Crippen LogP contribution in [0.4, 0.5) is 0 Å². The highest BCUT2D eigenvalue weighted by Gasteiger charge is 2.20. The summed E-state index contributed by atoms with van der Waals surface area (Å²) in [4.78, 5) is 11.6. The molecule has 1 unspecified atom stereocenters. The van der Waals surface area contributed by atoms with Crippen LogP contribution in [0.25, 0.3) is 11.1 Å². The molecule has 1 aliphatic rings. The average Bonchev–Trinajstić information content (AvgIpc) is 2.78. The summed E-state index contributed by atoms with van der Waals surface area (Å²) in [5.41, 5.74) is 6.25. The van der Waals surface area contributed by atoms with E-state index in [-0.39, 0.29) is 11.9 Å². The van der Waals surface area contributed by atoms with Gasteiger partial charge >= 0.3 is 0 Å². The Balaban J connectivity index is 1.36. The molecule has 1 atom stereocenters. The Morgan fingerprint density at radius 1 is 0.966 bits per heavy atom. The Bertz CT molecular complexity index is 964. The number of ether oxygens (including phenoxy) is 1. The highest BCUT2D eigenvalue weighted by molar-refractivity contribution is 5.75. The van der Waals surface area contributed by atoms with E-state index in [9.17, 15) is 4.79 Å². The van der Waals surface area contributed by atoms with Crippen LogP contribution < -0.4 is 10.1 Å². The van der Waals surface area contributed by atoms with Crippen LogP contribution in [0.5, 0.6) is 5.75 Å². The molecule has 0 aromatic heterocycles. The van der Waals surface area contributed by atoms with E-state index in [2.05, 4.69) is 66.0 Å². The molecule has 1 aliphatic carbocycles. The number of benzene rings is 3. The van der Waals surface area contributed by atoms with Gasteiger partial charge in [0.1, 0.15) is 12.4 Å². The van der Waals surface area contributed by atoms with Crippen molar-refractivity contribution >= 4 is 5.91 Å². The molecule has 29 heavy (non-hydrogen) atoms. The van der Waals surface area contributed by atoms with Crippen molar-refractivity contribution in [2.75, 3.05) is 0 Å². The maximum Gasteiger partial charge on any atom is 0.219 e. The zero-order chi connectivity index (χ0) is 20.1. The van der Waals surface area contributed by atoms with Gasteiger partial charge in [-0.1, -0.05) is 67.6 Å². The number of amides is 1. The van der Waals surface area contributed by atoms with E-state index in [1.807, 2.05) is 19.1 Å². The Hall–Kier alpha value is -3.07. The van der Waals surface area contributed by atoms with Crippen LogP contribution in [-0.4, -0.2) is 11.9 Å². The minimum atomic E-state index is 0.136. The first kappa shape index (κ1) is 19.3. The van der Waals surface area contributed by atoms with Gasteiger partial charge in [-0.05, 0) is 59.2 Å². The molecule has 0 fully saturated rings. The van der Waals surface area contributed by atoms with E-state index in [1.54, 1.807) is 0 Å². The first-order valence-corrected chi connectivity index (χ1v) is 10.4. The number of carbonyl (C=O) groups is 1. The molecule has 0 saturated carbocycles. The topological polar surface area (TPSA) is 38.3 Å². The van der Waals surface area contributed by atoms with Crippen molar-refractivity contribution < 1.29 is 9.53 Å². The second-order valence-electron chi connectivity index (χ2n) is 7.64. The third kappa shape index (κ3) is 4.86. The van der Waals surface area contributed by atoms with Gasteiger partial charge in [0.15, 0.2) is 0 Å². The van der Waals surface area contributed by atoms with E-state index >= 15 is 0 Å². The van der Waals surface area contributed by atoms with Crippen LogP contribution in [0.2, 0.25) is 0 Å². The maximum absolute atomic E-state index is 11.6. The third-order valence-corrected chi connectivity index (χ3v) is 5.56. The van der Waals surface area contributed by atoms with Crippen molar-refractivity contribution in [3.63, 3.8) is 0 Å². The molecule has 0 heterocycles. The molecule has 4 rings (SSSR count). The van der Waals surface area contributed by atoms with Crippen molar-refractivity contribution in [2.24, 2.45) is 0 Å². The lowest BCUT2D eigenvalue weighted by molar-refractivity contribution is -0.121. The summed E-state index contributed by atoms with van der Waals surface area (Å²) in [6, 6.07) is 25.5. The Morgan fingerprint density at radius 3 is 2.48 bits per heavy atom. The second-order valence-corrected chi connectivity index (χ2v) is 7.64. The molecule has 148 valence electrons. The monoisotopic (exact) mass is 385 g/mol. The van der Waals surface area contributed by atoms with E-state index in [4.69, 9.17) is 4.74 Å². The molecule has 0 saturated heterocycles. The quantitative estimate of drug-likeness (QED) is 0.624. The first-order chi connectivity index (χ1) is 14.2. The van der Waals surface area contributed by atoms with Crippen LogP contribution in [0.3, 0.4) is 0 Å². The minimum Gasteiger partial charge on any atom is -0.489 e. The van der Waals surface area contributed by atoms with Crippen LogP contribution in [0.1, 0.15) is 36.5 Å². The van der Waals surface area contributed by atoms with Gasteiger partial charge in [-0.25, -0.2) is 0 Å². The van der Waals surface area contributed by atoms with Crippen molar-refractivity contribution in [3.8, 4) is 16.9 Å². The summed E-state index contributed by atoms with van der Waals surface area (Å²) >= 11 is 0. The number of aryl methyl sites for hydroxylation is 1.